The largest absolute Gasteiger partial charge is 0.480 e. The van der Waals surface area contributed by atoms with Crippen LogP contribution in [0.25, 0.3) is 0 Å². The summed E-state index contributed by atoms with van der Waals surface area (Å²) in [5.41, 5.74) is 0. The lowest BCUT2D eigenvalue weighted by Crippen LogP contribution is -2.63. The minimum Gasteiger partial charge on any atom is -0.480 e. The molecular weight excluding hydrogens is 848 g/mol. The van der Waals surface area contributed by atoms with Gasteiger partial charge in [-0.15, -0.1) is 0 Å². The highest BCUT2D eigenvalue weighted by Crippen LogP contribution is 2.31. The Hall–Kier alpha value is -4.93. The van der Waals surface area contributed by atoms with E-state index < -0.39 is 115 Å². The predicted molar refractivity (Wildman–Crippen MR) is 221 cm³/mol. The Morgan fingerprint density at radius 1 is 0.578 bits per heavy atom. The van der Waals surface area contributed by atoms with Crippen LogP contribution < -0.4 is 21.3 Å². The number of esters is 4. The van der Waals surface area contributed by atoms with Crippen LogP contribution in [0.2, 0.25) is 0 Å². The number of aliphatic carboxylic acids is 1. The van der Waals surface area contributed by atoms with Crippen molar-refractivity contribution in [3.8, 4) is 0 Å². The lowest BCUT2D eigenvalue weighted by atomic mass is 9.89. The van der Waals surface area contributed by atoms with Gasteiger partial charge < -0.3 is 64.3 Å². The summed E-state index contributed by atoms with van der Waals surface area (Å²) in [5, 5.41) is 20.5. The SMILES string of the molecule is CC(=O)N[C@H]1[C@H](OCCCCC(=O)NCCCC[C@H](NC(=O)CCCCO[C@@H]2O[C@H](COC(C)=O)[C@H](C)[C@H](OC(C)=O)[C@H]2NC(C)=O)C(=O)O)O[C@H](COC(C)=O)[C@H](C)[C@@H]1OC(C)=O. The molecule has 0 bridgehead atoms. The number of carbonyl (C=O) groups excluding carboxylic acids is 8. The molecule has 0 aromatic heterocycles. The van der Waals surface area contributed by atoms with Gasteiger partial charge in [0.25, 0.3) is 0 Å². The van der Waals surface area contributed by atoms with E-state index in [1.54, 1.807) is 13.8 Å². The summed E-state index contributed by atoms with van der Waals surface area (Å²) in [5.74, 6) is -5.81. The van der Waals surface area contributed by atoms with Crippen molar-refractivity contribution in [2.75, 3.05) is 33.0 Å². The fourth-order valence-electron chi connectivity index (χ4n) is 7.22. The summed E-state index contributed by atoms with van der Waals surface area (Å²) in [4.78, 5) is 108. The highest BCUT2D eigenvalue weighted by atomic mass is 16.7. The Morgan fingerprint density at radius 3 is 1.41 bits per heavy atom. The standard InChI is InChI=1S/C42H68N4O18/c1-23-32(21-59-27(5)49)63-41(36(44-25(3)47)38(23)61-29(7)51)57-19-13-10-16-34(53)43-18-12-9-15-31(40(55)56)46-35(54)17-11-14-20-58-42-37(45-26(4)48)39(62-30(8)52)24(2)33(64-42)22-60-28(6)50/h23-24,31-33,36-39,41-42H,9-22H2,1-8H3,(H,43,53)(H,44,47)(H,45,48)(H,46,54)(H,55,56)/t23-,24-,31-,32+,33+,36+,37+,38-,39-,41+,42+/m0/s1. The van der Waals surface area contributed by atoms with Gasteiger partial charge in [0.2, 0.25) is 23.6 Å². The number of carbonyl (C=O) groups is 9. The molecule has 0 radical (unpaired) electrons. The first-order chi connectivity index (χ1) is 30.2. The summed E-state index contributed by atoms with van der Waals surface area (Å²) in [6.45, 7) is 11.3. The smallest absolute Gasteiger partial charge is 0.326 e. The van der Waals surface area contributed by atoms with E-state index in [0.717, 1.165) is 0 Å². The predicted octanol–water partition coefficient (Wildman–Crippen LogP) is 0.937. The Balaban J connectivity index is 1.74. The molecule has 0 aliphatic carbocycles. The number of hydrogen-bond acceptors (Lipinski definition) is 17. The van der Waals surface area contributed by atoms with Gasteiger partial charge in [-0.3, -0.25) is 38.4 Å². The van der Waals surface area contributed by atoms with Gasteiger partial charge >= 0.3 is 29.8 Å². The van der Waals surface area contributed by atoms with E-state index >= 15 is 0 Å². The number of unbranched alkanes of at least 4 members (excludes halogenated alkanes) is 3. The summed E-state index contributed by atoms with van der Waals surface area (Å²) in [6, 6.07) is -2.84. The van der Waals surface area contributed by atoms with Gasteiger partial charge in [-0.2, -0.15) is 0 Å². The van der Waals surface area contributed by atoms with Crippen LogP contribution in [0, 0.1) is 11.8 Å². The third kappa shape index (κ3) is 20.7. The molecule has 22 nitrogen and oxygen atoms in total. The molecular formula is C42H68N4O18. The zero-order valence-corrected chi connectivity index (χ0v) is 38.1. The number of amides is 4. The second-order valence-electron chi connectivity index (χ2n) is 16.0. The third-order valence-electron chi connectivity index (χ3n) is 10.4. The molecule has 2 saturated heterocycles. The van der Waals surface area contributed by atoms with Gasteiger partial charge in [0.05, 0.1) is 0 Å². The van der Waals surface area contributed by atoms with Crippen molar-refractivity contribution in [1.82, 2.24) is 21.3 Å². The summed E-state index contributed by atoms with van der Waals surface area (Å²) in [6.07, 6.45) is -2.40. The molecule has 0 aromatic rings. The van der Waals surface area contributed by atoms with E-state index in [9.17, 15) is 48.3 Å². The molecule has 0 unspecified atom stereocenters. The third-order valence-corrected chi connectivity index (χ3v) is 10.4. The van der Waals surface area contributed by atoms with Crippen LogP contribution in [-0.2, 0) is 81.0 Å². The van der Waals surface area contributed by atoms with Crippen molar-refractivity contribution in [2.24, 2.45) is 11.8 Å². The Bertz CT molecular complexity index is 1580. The van der Waals surface area contributed by atoms with Gasteiger partial charge in [-0.05, 0) is 44.9 Å². The van der Waals surface area contributed by atoms with E-state index in [4.69, 9.17) is 37.9 Å². The molecule has 4 amide bonds. The molecule has 2 fully saturated rings. The number of rotatable bonds is 27. The molecule has 0 aromatic carbocycles. The van der Waals surface area contributed by atoms with Crippen LogP contribution in [0.1, 0.15) is 113 Å². The van der Waals surface area contributed by atoms with Crippen LogP contribution in [0.15, 0.2) is 0 Å². The van der Waals surface area contributed by atoms with Crippen molar-refractivity contribution in [3.63, 3.8) is 0 Å². The first-order valence-corrected chi connectivity index (χ1v) is 21.7. The monoisotopic (exact) mass is 916 g/mol. The maximum atomic E-state index is 12.6. The zero-order chi connectivity index (χ0) is 47.9. The first kappa shape index (κ1) is 55.2. The average molecular weight is 917 g/mol. The molecule has 22 heteroatoms. The molecule has 2 aliphatic rings. The fraction of sp³-hybridized carbons (Fsp3) is 0.786. The van der Waals surface area contributed by atoms with Crippen molar-refractivity contribution in [2.45, 2.75) is 168 Å². The van der Waals surface area contributed by atoms with E-state index in [-0.39, 0.29) is 51.6 Å². The van der Waals surface area contributed by atoms with E-state index in [1.807, 2.05) is 0 Å². The Morgan fingerprint density at radius 2 is 1.02 bits per heavy atom. The topological polar surface area (TPSA) is 296 Å². The molecule has 2 rings (SSSR count). The van der Waals surface area contributed by atoms with Gasteiger partial charge in [0.1, 0.15) is 55.8 Å². The second kappa shape index (κ2) is 28.8. The van der Waals surface area contributed by atoms with Crippen molar-refractivity contribution in [1.29, 1.82) is 0 Å². The molecule has 5 N–H and O–H groups in total. The molecule has 2 aliphatic heterocycles. The minimum atomic E-state index is -1.19. The van der Waals surface area contributed by atoms with Crippen molar-refractivity contribution in [3.05, 3.63) is 0 Å². The normalized spacial score (nSPS) is 25.7. The highest BCUT2D eigenvalue weighted by Gasteiger charge is 2.48. The van der Waals surface area contributed by atoms with Gasteiger partial charge in [0.15, 0.2) is 12.6 Å². The quantitative estimate of drug-likeness (QED) is 0.0435. The van der Waals surface area contributed by atoms with E-state index in [1.165, 1.54) is 41.5 Å². The van der Waals surface area contributed by atoms with Crippen molar-refractivity contribution >= 4 is 53.5 Å². The van der Waals surface area contributed by atoms with E-state index in [0.29, 0.717) is 45.1 Å². The minimum absolute atomic E-state index is 0.00520. The maximum Gasteiger partial charge on any atom is 0.326 e. The fourth-order valence-corrected chi connectivity index (χ4v) is 7.22. The molecule has 64 heavy (non-hydrogen) atoms. The van der Waals surface area contributed by atoms with Crippen LogP contribution in [0.3, 0.4) is 0 Å². The second-order valence-corrected chi connectivity index (χ2v) is 16.0. The van der Waals surface area contributed by atoms with Crippen LogP contribution in [-0.4, -0.2) is 147 Å². The molecule has 364 valence electrons. The van der Waals surface area contributed by atoms with Gasteiger partial charge in [-0.1, -0.05) is 13.8 Å². The molecule has 0 spiro atoms. The summed E-state index contributed by atoms with van der Waals surface area (Å²) >= 11 is 0. The number of carboxylic acids is 1. The molecule has 11 atom stereocenters. The lowest BCUT2D eigenvalue weighted by molar-refractivity contribution is -0.260. The average Bonchev–Trinajstić information content (AvgIpc) is 3.19. The summed E-state index contributed by atoms with van der Waals surface area (Å²) in [7, 11) is 0. The number of hydrogen-bond donors (Lipinski definition) is 5. The molecule has 2 heterocycles. The van der Waals surface area contributed by atoms with Crippen LogP contribution in [0.5, 0.6) is 0 Å². The van der Waals surface area contributed by atoms with Crippen LogP contribution in [0.4, 0.5) is 0 Å². The zero-order valence-electron chi connectivity index (χ0n) is 38.1. The number of ether oxygens (including phenoxy) is 8. The Kier molecular flexibility index (Phi) is 24.8. The number of nitrogens with one attached hydrogen (secondary N) is 4. The van der Waals surface area contributed by atoms with Crippen LogP contribution >= 0.6 is 0 Å². The lowest BCUT2D eigenvalue weighted by Gasteiger charge is -2.44. The maximum absolute atomic E-state index is 12.6. The van der Waals surface area contributed by atoms with Crippen molar-refractivity contribution < 1.29 is 86.2 Å². The highest BCUT2D eigenvalue weighted by molar-refractivity contribution is 5.83. The first-order valence-electron chi connectivity index (χ1n) is 21.7. The molecule has 0 saturated carbocycles. The van der Waals surface area contributed by atoms with Gasteiger partial charge in [0, 0.05) is 86.0 Å². The van der Waals surface area contributed by atoms with E-state index in [2.05, 4.69) is 21.3 Å². The van der Waals surface area contributed by atoms with Gasteiger partial charge in [-0.25, -0.2) is 4.79 Å². The summed E-state index contributed by atoms with van der Waals surface area (Å²) < 4.78 is 45.2. The Labute approximate surface area is 373 Å². The number of carboxylic acid groups (broad SMARTS) is 1.